The number of alkyl halides is 3. The van der Waals surface area contributed by atoms with Crippen LogP contribution in [0.4, 0.5) is 18.9 Å². The Labute approximate surface area is 177 Å². The summed E-state index contributed by atoms with van der Waals surface area (Å²) in [6.45, 7) is -0.503. The minimum Gasteiger partial charge on any atom is -0.482 e. The molecule has 0 saturated heterocycles. The fourth-order valence-electron chi connectivity index (χ4n) is 2.14. The van der Waals surface area contributed by atoms with E-state index in [1.807, 2.05) is 11.5 Å². The number of para-hydroxylation sites is 1. The number of rotatable bonds is 7. The van der Waals surface area contributed by atoms with Crippen LogP contribution < -0.4 is 15.6 Å². The molecule has 0 aromatic heterocycles. The number of nitrogens with one attached hydrogen (secondary N) is 2. The number of hydrogen-bond donors (Lipinski definition) is 2. The number of carbonyl (C=O) groups is 2. The Bertz CT molecular complexity index is 1040. The third kappa shape index (κ3) is 6.89. The van der Waals surface area contributed by atoms with E-state index in [1.54, 1.807) is 12.1 Å². The molecule has 2 aromatic carbocycles. The molecule has 0 bridgehead atoms. The molecular formula is C18H13F3N4O5S. The maximum Gasteiger partial charge on any atom is 0.416 e. The van der Waals surface area contributed by atoms with Crippen LogP contribution in [0.3, 0.4) is 0 Å². The molecular weight excluding hydrogens is 441 g/mol. The third-order valence-electron chi connectivity index (χ3n) is 3.55. The summed E-state index contributed by atoms with van der Waals surface area (Å²) in [4.78, 5) is 33.5. The number of carbonyl (C=O) groups excluding carboxylic acids is 2. The lowest BCUT2D eigenvalue weighted by molar-refractivity contribution is -0.388. The van der Waals surface area contributed by atoms with Crippen molar-refractivity contribution in [1.82, 2.24) is 10.9 Å². The largest absolute Gasteiger partial charge is 0.482 e. The molecule has 2 N–H and O–H groups in total. The van der Waals surface area contributed by atoms with Crippen LogP contribution in [-0.4, -0.2) is 29.1 Å². The number of nitro benzene ring substituents is 1. The van der Waals surface area contributed by atoms with Crippen LogP contribution in [0.1, 0.15) is 11.1 Å². The Balaban J connectivity index is 1.86. The molecule has 2 aromatic rings. The van der Waals surface area contributed by atoms with Crippen LogP contribution in [0.15, 0.2) is 47.4 Å². The molecule has 0 atom stereocenters. The average Bonchev–Trinajstić information content (AvgIpc) is 2.74. The normalized spacial score (nSPS) is 10.6. The highest BCUT2D eigenvalue weighted by Gasteiger charge is 2.33. The quantitative estimate of drug-likeness (QED) is 0.373. The number of benzene rings is 2. The first kappa shape index (κ1) is 23.5. The van der Waals surface area contributed by atoms with Gasteiger partial charge in [0.25, 0.3) is 11.6 Å². The van der Waals surface area contributed by atoms with Gasteiger partial charge in [0, 0.05) is 6.07 Å². The molecule has 0 aliphatic rings. The number of nitro groups is 1. The lowest BCUT2D eigenvalue weighted by atomic mass is 10.2. The lowest BCUT2D eigenvalue weighted by Crippen LogP contribution is -2.44. The number of thioether (sulfide) groups is 1. The Hall–Kier alpha value is -3.79. The number of nitriles is 1. The second-order valence-corrected chi connectivity index (χ2v) is 6.74. The van der Waals surface area contributed by atoms with Crippen molar-refractivity contribution in [3.63, 3.8) is 0 Å². The van der Waals surface area contributed by atoms with Crippen LogP contribution >= 0.6 is 11.8 Å². The molecule has 0 aliphatic carbocycles. The minimum absolute atomic E-state index is 0.143. The number of ether oxygens (including phenoxy) is 1. The van der Waals surface area contributed by atoms with E-state index in [0.29, 0.717) is 23.9 Å². The summed E-state index contributed by atoms with van der Waals surface area (Å²) in [5, 5.41) is 20.0. The van der Waals surface area contributed by atoms with Crippen LogP contribution in [-0.2, 0) is 15.8 Å². The van der Waals surface area contributed by atoms with Gasteiger partial charge in [-0.05, 0) is 24.3 Å². The first-order valence-corrected chi connectivity index (χ1v) is 9.28. The van der Waals surface area contributed by atoms with Crippen molar-refractivity contribution in [2.45, 2.75) is 11.1 Å². The predicted molar refractivity (Wildman–Crippen MR) is 102 cm³/mol. The summed E-state index contributed by atoms with van der Waals surface area (Å²) in [6, 6.07) is 10.0. The topological polar surface area (TPSA) is 134 Å². The molecule has 0 aliphatic heterocycles. The first-order valence-electron chi connectivity index (χ1n) is 8.30. The summed E-state index contributed by atoms with van der Waals surface area (Å²) in [5.74, 6) is -1.74. The van der Waals surface area contributed by atoms with Gasteiger partial charge < -0.3 is 4.74 Å². The van der Waals surface area contributed by atoms with Gasteiger partial charge in [0.15, 0.2) is 6.61 Å². The number of hydrogen-bond acceptors (Lipinski definition) is 7. The van der Waals surface area contributed by atoms with Crippen molar-refractivity contribution in [2.24, 2.45) is 0 Å². The Morgan fingerprint density at radius 3 is 2.48 bits per heavy atom. The zero-order chi connectivity index (χ0) is 23.0. The molecule has 0 radical (unpaired) electrons. The standard InChI is InChI=1S/C18H13F3N4O5S/c19-18(20,21)12-5-6-15(13(7-12)25(28)29)31-10-17(27)24-23-16(26)9-30-14-4-2-1-3-11(14)8-22/h1-7H,9-10H2,(H,23,26)(H,24,27). The van der Waals surface area contributed by atoms with E-state index in [2.05, 4.69) is 5.43 Å². The number of hydrazine groups is 1. The van der Waals surface area contributed by atoms with Crippen LogP contribution in [0.25, 0.3) is 0 Å². The molecule has 0 fully saturated rings. The highest BCUT2D eigenvalue weighted by Crippen LogP contribution is 2.36. The molecule has 31 heavy (non-hydrogen) atoms. The Morgan fingerprint density at radius 2 is 1.84 bits per heavy atom. The van der Waals surface area contributed by atoms with Gasteiger partial charge in [-0.15, -0.1) is 11.8 Å². The van der Waals surface area contributed by atoms with Crippen molar-refractivity contribution in [1.29, 1.82) is 5.26 Å². The summed E-state index contributed by atoms with van der Waals surface area (Å²) in [5.41, 5.74) is 2.34. The zero-order valence-corrected chi connectivity index (χ0v) is 16.2. The van der Waals surface area contributed by atoms with Gasteiger partial charge in [-0.1, -0.05) is 12.1 Å². The monoisotopic (exact) mass is 454 g/mol. The average molecular weight is 454 g/mol. The number of halogens is 3. The Morgan fingerprint density at radius 1 is 1.16 bits per heavy atom. The van der Waals surface area contributed by atoms with E-state index in [9.17, 15) is 32.9 Å². The van der Waals surface area contributed by atoms with E-state index in [1.165, 1.54) is 12.1 Å². The lowest BCUT2D eigenvalue weighted by Gasteiger charge is -2.10. The van der Waals surface area contributed by atoms with Gasteiger partial charge in [-0.2, -0.15) is 18.4 Å². The van der Waals surface area contributed by atoms with Crippen LogP contribution in [0, 0.1) is 21.4 Å². The van der Waals surface area contributed by atoms with Crippen molar-refractivity contribution in [3.05, 3.63) is 63.7 Å². The molecule has 0 spiro atoms. The zero-order valence-electron chi connectivity index (χ0n) is 15.4. The summed E-state index contributed by atoms with van der Waals surface area (Å²) >= 11 is 0.630. The number of amides is 2. The van der Waals surface area contributed by atoms with E-state index in [-0.39, 0.29) is 16.2 Å². The SMILES string of the molecule is N#Cc1ccccc1OCC(=O)NNC(=O)CSc1ccc(C(F)(F)F)cc1[N+](=O)[O-]. The number of nitrogens with zero attached hydrogens (tertiary/aromatic N) is 2. The minimum atomic E-state index is -4.74. The smallest absolute Gasteiger partial charge is 0.416 e. The molecule has 2 amide bonds. The fraction of sp³-hybridized carbons (Fsp3) is 0.167. The van der Waals surface area contributed by atoms with Crippen LogP contribution in [0.5, 0.6) is 5.75 Å². The molecule has 162 valence electrons. The fourth-order valence-corrected chi connectivity index (χ4v) is 2.95. The molecule has 2 rings (SSSR count). The highest BCUT2D eigenvalue weighted by molar-refractivity contribution is 8.00. The van der Waals surface area contributed by atoms with E-state index < -0.39 is 46.5 Å². The summed E-state index contributed by atoms with van der Waals surface area (Å²) in [6.07, 6.45) is -4.74. The molecule has 0 heterocycles. The van der Waals surface area contributed by atoms with Crippen molar-refractivity contribution >= 4 is 29.3 Å². The van der Waals surface area contributed by atoms with E-state index in [4.69, 9.17) is 10.00 Å². The maximum absolute atomic E-state index is 12.7. The Kier molecular flexibility index (Phi) is 7.81. The van der Waals surface area contributed by atoms with Gasteiger partial charge >= 0.3 is 6.18 Å². The van der Waals surface area contributed by atoms with Gasteiger partial charge in [0.05, 0.1) is 26.7 Å². The van der Waals surface area contributed by atoms with E-state index in [0.717, 1.165) is 6.07 Å². The van der Waals surface area contributed by atoms with Gasteiger partial charge in [0.1, 0.15) is 11.8 Å². The van der Waals surface area contributed by atoms with Crippen molar-refractivity contribution in [3.8, 4) is 11.8 Å². The van der Waals surface area contributed by atoms with Gasteiger partial charge in [-0.3, -0.25) is 30.6 Å². The molecule has 13 heteroatoms. The summed E-state index contributed by atoms with van der Waals surface area (Å²) in [7, 11) is 0. The highest BCUT2D eigenvalue weighted by atomic mass is 32.2. The predicted octanol–water partition coefficient (Wildman–Crippen LogP) is 2.80. The van der Waals surface area contributed by atoms with Gasteiger partial charge in [-0.25, -0.2) is 0 Å². The second-order valence-electron chi connectivity index (χ2n) is 5.72. The summed E-state index contributed by atoms with van der Waals surface area (Å²) < 4.78 is 43.3. The van der Waals surface area contributed by atoms with Crippen molar-refractivity contribution < 1.29 is 32.4 Å². The molecule has 9 nitrogen and oxygen atoms in total. The molecule has 0 unspecified atom stereocenters. The third-order valence-corrected chi connectivity index (χ3v) is 4.61. The van der Waals surface area contributed by atoms with E-state index >= 15 is 0 Å². The van der Waals surface area contributed by atoms with Crippen LogP contribution in [0.2, 0.25) is 0 Å². The van der Waals surface area contributed by atoms with Gasteiger partial charge in [0.2, 0.25) is 5.91 Å². The molecule has 0 saturated carbocycles. The maximum atomic E-state index is 12.7. The second kappa shape index (κ2) is 10.3. The first-order chi connectivity index (χ1) is 14.6. The van der Waals surface area contributed by atoms with Crippen molar-refractivity contribution in [2.75, 3.05) is 12.4 Å².